The summed E-state index contributed by atoms with van der Waals surface area (Å²) in [6.07, 6.45) is 1.42. The summed E-state index contributed by atoms with van der Waals surface area (Å²) in [6.45, 7) is 6.61. The van der Waals surface area contributed by atoms with Crippen molar-refractivity contribution in [3.05, 3.63) is 95.4 Å². The van der Waals surface area contributed by atoms with Gasteiger partial charge < -0.3 is 19.6 Å². The topological polar surface area (TPSA) is 102 Å². The number of nitrogens with one attached hydrogen (secondary N) is 1. The highest BCUT2D eigenvalue weighted by atomic mass is 16.5. The largest absolute Gasteiger partial charge is 0.493 e. The molecule has 208 valence electrons. The van der Waals surface area contributed by atoms with Crippen molar-refractivity contribution >= 4 is 11.9 Å². The van der Waals surface area contributed by atoms with E-state index in [1.165, 1.54) is 0 Å². The Morgan fingerprint density at radius 2 is 1.62 bits per heavy atom. The molecule has 0 saturated heterocycles. The van der Waals surface area contributed by atoms with Crippen molar-refractivity contribution in [1.82, 2.24) is 10.3 Å². The fourth-order valence-electron chi connectivity index (χ4n) is 4.46. The lowest BCUT2D eigenvalue weighted by Crippen LogP contribution is -2.24. The number of carbonyl (C=O) groups excluding carboxylic acids is 1. The Bertz CT molecular complexity index is 1430. The molecule has 0 aliphatic rings. The predicted molar refractivity (Wildman–Crippen MR) is 155 cm³/mol. The minimum absolute atomic E-state index is 0.0237. The van der Waals surface area contributed by atoms with E-state index in [0.717, 1.165) is 39.3 Å². The van der Waals surface area contributed by atoms with Crippen molar-refractivity contribution in [3.8, 4) is 28.3 Å². The third kappa shape index (κ3) is 8.06. The van der Waals surface area contributed by atoms with Gasteiger partial charge >= 0.3 is 5.97 Å². The highest BCUT2D eigenvalue weighted by Gasteiger charge is 2.13. The smallest absolute Gasteiger partial charge is 0.303 e. The number of carboxylic acids is 1. The first-order chi connectivity index (χ1) is 19.3. The van der Waals surface area contributed by atoms with E-state index < -0.39 is 5.97 Å². The zero-order valence-corrected chi connectivity index (χ0v) is 23.3. The van der Waals surface area contributed by atoms with E-state index in [-0.39, 0.29) is 18.2 Å². The van der Waals surface area contributed by atoms with Crippen LogP contribution in [-0.2, 0) is 29.0 Å². The molecule has 0 fully saturated rings. The molecule has 0 aliphatic heterocycles. The molecule has 0 aliphatic carbocycles. The van der Waals surface area contributed by atoms with Crippen LogP contribution in [0.3, 0.4) is 0 Å². The van der Waals surface area contributed by atoms with Crippen LogP contribution in [0, 0.1) is 12.8 Å². The van der Waals surface area contributed by atoms with Crippen LogP contribution in [0.2, 0.25) is 0 Å². The average Bonchev–Trinajstić information content (AvgIpc) is 3.31. The van der Waals surface area contributed by atoms with Crippen LogP contribution in [0.15, 0.2) is 77.2 Å². The summed E-state index contributed by atoms with van der Waals surface area (Å²) in [6, 6.07) is 24.0. The Morgan fingerprint density at radius 1 is 0.925 bits per heavy atom. The normalized spacial score (nSPS) is 11.0. The molecule has 3 aromatic carbocycles. The molecule has 0 spiro atoms. The van der Waals surface area contributed by atoms with E-state index in [1.807, 2.05) is 69.3 Å². The third-order valence-electron chi connectivity index (χ3n) is 6.59. The molecule has 1 aromatic heterocycles. The fraction of sp³-hybridized carbons (Fsp3) is 0.303. The van der Waals surface area contributed by atoms with Crippen molar-refractivity contribution in [1.29, 1.82) is 0 Å². The zero-order valence-electron chi connectivity index (χ0n) is 23.3. The number of aliphatic carboxylic acids is 1. The first-order valence-corrected chi connectivity index (χ1v) is 13.6. The Hall–Kier alpha value is -4.39. The molecule has 0 saturated carbocycles. The number of ether oxygens (including phenoxy) is 1. The summed E-state index contributed by atoms with van der Waals surface area (Å²) >= 11 is 0. The van der Waals surface area contributed by atoms with Crippen LogP contribution in [0.25, 0.3) is 22.6 Å². The highest BCUT2D eigenvalue weighted by Crippen LogP contribution is 2.26. The average molecular weight is 541 g/mol. The summed E-state index contributed by atoms with van der Waals surface area (Å²) in [5, 5.41) is 12.1. The minimum Gasteiger partial charge on any atom is -0.493 e. The second-order valence-corrected chi connectivity index (χ2v) is 10.3. The number of carboxylic acid groups (broad SMARTS) is 1. The molecule has 7 nitrogen and oxygen atoms in total. The molecular formula is C33H36N2O5. The Morgan fingerprint density at radius 3 is 2.33 bits per heavy atom. The lowest BCUT2D eigenvalue weighted by Gasteiger charge is -2.14. The molecule has 40 heavy (non-hydrogen) atoms. The summed E-state index contributed by atoms with van der Waals surface area (Å²) in [4.78, 5) is 28.0. The van der Waals surface area contributed by atoms with E-state index in [9.17, 15) is 9.59 Å². The standard InChI is InChI=1S/C33H36N2O5/c1-22(2)19-31(36)34-21-28-20-29(15-13-26(28)14-16-32(37)38)39-18-17-30-23(3)40-33(35-30)27-11-9-25(10-12-27)24-7-5-4-6-8-24/h4-13,15,20,22H,14,16-19,21H2,1-3H3,(H,34,36)(H,37,38). The lowest BCUT2D eigenvalue weighted by molar-refractivity contribution is -0.137. The SMILES string of the molecule is Cc1oc(-c2ccc(-c3ccccc3)cc2)nc1CCOc1ccc(CCC(=O)O)c(CNC(=O)CC(C)C)c1. The molecule has 1 amide bonds. The molecule has 2 N–H and O–H groups in total. The number of aryl methyl sites for hydroxylation is 2. The molecular weight excluding hydrogens is 504 g/mol. The monoisotopic (exact) mass is 540 g/mol. The zero-order chi connectivity index (χ0) is 28.5. The van der Waals surface area contributed by atoms with Gasteiger partial charge in [0.2, 0.25) is 11.8 Å². The Kier molecular flexibility index (Phi) is 9.73. The van der Waals surface area contributed by atoms with Gasteiger partial charge in [-0.25, -0.2) is 4.98 Å². The van der Waals surface area contributed by atoms with Crippen molar-refractivity contribution in [2.75, 3.05) is 6.61 Å². The molecule has 0 unspecified atom stereocenters. The van der Waals surface area contributed by atoms with Crippen LogP contribution in [0.1, 0.15) is 49.3 Å². The van der Waals surface area contributed by atoms with Crippen molar-refractivity contribution < 1.29 is 23.8 Å². The van der Waals surface area contributed by atoms with Gasteiger partial charge in [0, 0.05) is 31.4 Å². The van der Waals surface area contributed by atoms with E-state index >= 15 is 0 Å². The highest BCUT2D eigenvalue weighted by molar-refractivity contribution is 5.76. The Labute approximate surface area is 235 Å². The van der Waals surface area contributed by atoms with Gasteiger partial charge in [0.25, 0.3) is 0 Å². The molecule has 0 radical (unpaired) electrons. The maximum Gasteiger partial charge on any atom is 0.303 e. The number of benzene rings is 3. The minimum atomic E-state index is -0.857. The van der Waals surface area contributed by atoms with Gasteiger partial charge in [-0.1, -0.05) is 62.4 Å². The van der Waals surface area contributed by atoms with Crippen LogP contribution in [0.5, 0.6) is 5.75 Å². The van der Waals surface area contributed by atoms with Gasteiger partial charge in [0.05, 0.1) is 12.3 Å². The number of amides is 1. The van der Waals surface area contributed by atoms with Crippen LogP contribution >= 0.6 is 0 Å². The number of nitrogens with zero attached hydrogens (tertiary/aromatic N) is 1. The van der Waals surface area contributed by atoms with Gasteiger partial charge in [-0.05, 0) is 65.8 Å². The number of oxazole rings is 1. The summed E-state index contributed by atoms with van der Waals surface area (Å²) < 4.78 is 12.0. The number of hydrogen-bond acceptors (Lipinski definition) is 5. The molecule has 1 heterocycles. The lowest BCUT2D eigenvalue weighted by atomic mass is 10.0. The van der Waals surface area contributed by atoms with Crippen LogP contribution in [0.4, 0.5) is 0 Å². The van der Waals surface area contributed by atoms with Crippen molar-refractivity contribution in [2.45, 2.75) is 53.0 Å². The maximum atomic E-state index is 12.2. The molecule has 4 rings (SSSR count). The number of hydrogen-bond donors (Lipinski definition) is 2. The molecule has 0 atom stereocenters. The fourth-order valence-corrected chi connectivity index (χ4v) is 4.46. The van der Waals surface area contributed by atoms with Crippen molar-refractivity contribution in [3.63, 3.8) is 0 Å². The van der Waals surface area contributed by atoms with Crippen LogP contribution in [-0.4, -0.2) is 28.6 Å². The first-order valence-electron chi connectivity index (χ1n) is 13.6. The quantitative estimate of drug-likeness (QED) is 0.198. The molecule has 4 aromatic rings. The van der Waals surface area contributed by atoms with Gasteiger partial charge in [-0.2, -0.15) is 0 Å². The maximum absolute atomic E-state index is 12.2. The molecule has 7 heteroatoms. The number of carbonyl (C=O) groups is 2. The van der Waals surface area contributed by atoms with Gasteiger partial charge in [0.1, 0.15) is 11.5 Å². The summed E-state index contributed by atoms with van der Waals surface area (Å²) in [5.74, 6) is 1.36. The summed E-state index contributed by atoms with van der Waals surface area (Å²) in [7, 11) is 0. The van der Waals surface area contributed by atoms with Gasteiger partial charge in [-0.15, -0.1) is 0 Å². The summed E-state index contributed by atoms with van der Waals surface area (Å²) in [5.41, 5.74) is 5.78. The van der Waals surface area contributed by atoms with Gasteiger partial charge in [-0.3, -0.25) is 9.59 Å². The van der Waals surface area contributed by atoms with Gasteiger partial charge in [0.15, 0.2) is 0 Å². The predicted octanol–water partition coefficient (Wildman–Crippen LogP) is 6.62. The van der Waals surface area contributed by atoms with E-state index in [2.05, 4.69) is 29.6 Å². The van der Waals surface area contributed by atoms with Crippen LogP contribution < -0.4 is 10.1 Å². The second-order valence-electron chi connectivity index (χ2n) is 10.3. The molecule has 0 bridgehead atoms. The van der Waals surface area contributed by atoms with Crippen molar-refractivity contribution in [2.24, 2.45) is 5.92 Å². The van der Waals surface area contributed by atoms with E-state index in [1.54, 1.807) is 0 Å². The number of aromatic nitrogens is 1. The number of rotatable bonds is 13. The van der Waals surface area contributed by atoms with E-state index in [4.69, 9.17) is 19.2 Å². The second kappa shape index (κ2) is 13.6. The Balaban J connectivity index is 1.38. The van der Waals surface area contributed by atoms with E-state index in [0.29, 0.717) is 44.1 Å². The first kappa shape index (κ1) is 28.6. The third-order valence-corrected chi connectivity index (χ3v) is 6.59.